The zero-order chi connectivity index (χ0) is 46.6. The molecule has 1 amide bonds. The van der Waals surface area contributed by atoms with Crippen LogP contribution in [0, 0.1) is 69.0 Å². The molecule has 2 aromatic rings. The molecule has 16 atom stereocenters. The van der Waals surface area contributed by atoms with Crippen molar-refractivity contribution in [1.29, 1.82) is 0 Å². The number of ether oxygens (including phenoxy) is 2. The summed E-state index contributed by atoms with van der Waals surface area (Å²) in [5, 5.41) is 12.7. The Morgan fingerprint density at radius 3 is 1.57 bits per heavy atom. The summed E-state index contributed by atoms with van der Waals surface area (Å²) in [4.78, 5) is 56.6. The number of nitrogens with two attached hydrogens (primary N) is 1. The lowest BCUT2D eigenvalue weighted by atomic mass is 9.48. The van der Waals surface area contributed by atoms with Crippen molar-refractivity contribution in [3.63, 3.8) is 0 Å². The van der Waals surface area contributed by atoms with Gasteiger partial charge in [0.1, 0.15) is 23.7 Å². The van der Waals surface area contributed by atoms with Crippen molar-refractivity contribution < 1.29 is 33.8 Å². The summed E-state index contributed by atoms with van der Waals surface area (Å²) < 4.78 is 14.0. The lowest BCUT2D eigenvalue weighted by Crippen LogP contribution is -2.54. The molecule has 0 bridgehead atoms. The van der Waals surface area contributed by atoms with Gasteiger partial charge in [0.15, 0.2) is 0 Å². The molecule has 2 aromatic heterocycles. The van der Waals surface area contributed by atoms with Crippen molar-refractivity contribution in [3.05, 3.63) is 48.6 Å². The molecule has 0 saturated heterocycles. The van der Waals surface area contributed by atoms with Crippen molar-refractivity contribution in [1.82, 2.24) is 24.4 Å². The second-order valence-corrected chi connectivity index (χ2v) is 21.9. The second kappa shape index (κ2) is 20.0. The van der Waals surface area contributed by atoms with E-state index in [4.69, 9.17) is 10.5 Å². The molecule has 8 aliphatic rings. The Morgan fingerprint density at radius 2 is 1.15 bits per heavy atom. The van der Waals surface area contributed by atoms with Gasteiger partial charge in [0.25, 0.3) is 0 Å². The highest BCUT2D eigenvalue weighted by Crippen LogP contribution is 2.68. The Balaban J connectivity index is 0.000000189. The molecule has 6 fully saturated rings. The summed E-state index contributed by atoms with van der Waals surface area (Å²) in [5.74, 6) is 4.63. The number of carbonyl (C=O) groups excluding carboxylic acids is 3. The van der Waals surface area contributed by atoms with E-state index >= 15 is 0 Å². The van der Waals surface area contributed by atoms with Gasteiger partial charge < -0.3 is 34.8 Å². The number of hydrogen-bond donors (Lipinski definition) is 3. The number of amides is 1. The molecule has 0 radical (unpaired) electrons. The van der Waals surface area contributed by atoms with Crippen molar-refractivity contribution >= 4 is 36.0 Å². The van der Waals surface area contributed by atoms with Crippen LogP contribution in [0.2, 0.25) is 0 Å². The molecule has 10 unspecified atom stereocenters. The SMILES string of the molecule is C.C.CCC(N)C(=O)OC.CCC(NC(=O)[C@H]1CCC2C3CCC4n5ccnc5C=C[C@]4(C)C3CC[C@@]21C)C(=O)OC.C[C@]12C=Cc3nccn3C1CCC1C2CC[C@@]2(C)C1CC[C@@H]2C(=O)O. The normalized spacial score (nSPS) is 38.6. The molecule has 2 aliphatic heterocycles. The van der Waals surface area contributed by atoms with Gasteiger partial charge in [0, 0.05) is 53.6 Å². The van der Waals surface area contributed by atoms with Gasteiger partial charge >= 0.3 is 17.9 Å². The maximum atomic E-state index is 13.3. The second-order valence-electron chi connectivity index (χ2n) is 21.9. The van der Waals surface area contributed by atoms with Gasteiger partial charge in [0.2, 0.25) is 5.91 Å². The average molecular weight is 929 g/mol. The number of fused-ring (bicyclic) bond motifs is 14. The molecule has 6 saturated carbocycles. The number of esters is 2. The molecule has 4 N–H and O–H groups in total. The van der Waals surface area contributed by atoms with Crippen molar-refractivity contribution in [3.8, 4) is 0 Å². The molecule has 10 rings (SSSR count). The predicted molar refractivity (Wildman–Crippen MR) is 262 cm³/mol. The number of carboxylic acid groups (broad SMARTS) is 1. The molecular weight excluding hydrogens is 845 g/mol. The largest absolute Gasteiger partial charge is 0.481 e. The number of hydrogen-bond acceptors (Lipinski definition) is 9. The zero-order valence-electron chi connectivity index (χ0n) is 40.2. The van der Waals surface area contributed by atoms with Crippen LogP contribution >= 0.6 is 0 Å². The zero-order valence-corrected chi connectivity index (χ0v) is 40.2. The molecule has 372 valence electrons. The number of aromatic nitrogens is 4. The number of aliphatic carboxylic acids is 1. The van der Waals surface area contributed by atoms with Gasteiger partial charge in [-0.05, 0) is 148 Å². The lowest BCUT2D eigenvalue weighted by Gasteiger charge is -2.59. The van der Waals surface area contributed by atoms with E-state index in [1.54, 1.807) is 0 Å². The van der Waals surface area contributed by atoms with E-state index in [0.717, 1.165) is 56.6 Å². The first-order valence-corrected chi connectivity index (χ1v) is 24.9. The van der Waals surface area contributed by atoms with Crippen molar-refractivity contribution in [2.45, 2.75) is 170 Å². The van der Waals surface area contributed by atoms with E-state index in [2.05, 4.69) is 93.5 Å². The highest BCUT2D eigenvalue weighted by molar-refractivity contribution is 5.86. The van der Waals surface area contributed by atoms with Crippen LogP contribution in [0.3, 0.4) is 0 Å². The van der Waals surface area contributed by atoms with Gasteiger partial charge in [-0.3, -0.25) is 14.4 Å². The first kappa shape index (κ1) is 52.1. The van der Waals surface area contributed by atoms with Crippen LogP contribution in [0.4, 0.5) is 0 Å². The third-order valence-electron chi connectivity index (χ3n) is 19.5. The van der Waals surface area contributed by atoms with E-state index < -0.39 is 18.1 Å². The van der Waals surface area contributed by atoms with E-state index in [9.17, 15) is 24.3 Å². The average Bonchev–Trinajstić information content (AvgIpc) is 4.12. The fourth-order valence-corrected chi connectivity index (χ4v) is 15.9. The topological polar surface area (TPSA) is 181 Å². The molecule has 67 heavy (non-hydrogen) atoms. The number of methoxy groups -OCH3 is 2. The number of nitrogens with zero attached hydrogens (tertiary/aromatic N) is 4. The van der Waals surface area contributed by atoms with Gasteiger partial charge in [-0.1, -0.05) is 68.5 Å². The first-order chi connectivity index (χ1) is 31.0. The third kappa shape index (κ3) is 8.64. The molecule has 13 nitrogen and oxygen atoms in total. The van der Waals surface area contributed by atoms with Gasteiger partial charge in [-0.2, -0.15) is 0 Å². The molecular formula is C54H84N6O7. The van der Waals surface area contributed by atoms with Crippen molar-refractivity contribution in [2.24, 2.45) is 74.7 Å². The minimum Gasteiger partial charge on any atom is -0.481 e. The van der Waals surface area contributed by atoms with Gasteiger partial charge in [-0.25, -0.2) is 14.8 Å². The molecule has 0 spiro atoms. The van der Waals surface area contributed by atoms with Crippen LogP contribution < -0.4 is 11.1 Å². The fraction of sp³-hybridized carbons (Fsp3) is 0.741. The van der Waals surface area contributed by atoms with Crippen LogP contribution in [-0.2, 0) is 28.7 Å². The third-order valence-corrected chi connectivity index (χ3v) is 19.5. The highest BCUT2D eigenvalue weighted by atomic mass is 16.5. The summed E-state index contributed by atoms with van der Waals surface area (Å²) in [6.07, 6.45) is 32.0. The number of carboxylic acids is 1. The Labute approximate surface area is 400 Å². The summed E-state index contributed by atoms with van der Waals surface area (Å²) >= 11 is 0. The van der Waals surface area contributed by atoms with Crippen LogP contribution in [0.25, 0.3) is 12.2 Å². The first-order valence-electron chi connectivity index (χ1n) is 24.9. The van der Waals surface area contributed by atoms with Crippen LogP contribution in [0.5, 0.6) is 0 Å². The minimum atomic E-state index is -0.566. The smallest absolute Gasteiger partial charge is 0.328 e. The number of nitrogens with one attached hydrogen (secondary N) is 1. The molecule has 13 heteroatoms. The van der Waals surface area contributed by atoms with Crippen molar-refractivity contribution in [2.75, 3.05) is 14.2 Å². The fourth-order valence-electron chi connectivity index (χ4n) is 15.9. The Morgan fingerprint density at radius 1 is 0.687 bits per heavy atom. The monoisotopic (exact) mass is 929 g/mol. The van der Waals surface area contributed by atoms with E-state index in [-0.39, 0.29) is 66.2 Å². The standard InChI is InChI=1S/C26H37N3O3.C21H28N2O2.C5H11NO2.2CH4/c1-5-20(24(31)32-4)28-23(30)19-8-7-17-16-6-9-21-26(3,18(16)10-12-25(17,19)2)13-11-22-27-14-15-29(21)22;1-20-9-7-15-13(14(20)4-5-16(20)19(24)25)3-6-17-21(15,2)10-8-18-22-11-12-23(17)18;1-3-4(6)5(7)8-2;;/h11,13-21H,5-10,12H2,1-4H3,(H,28,30);8,10-17H,3-7,9H2,1-2H3,(H,24,25);4H,3,6H2,1-2H3;2*1H4/t16?,17?,18?,19-,20?,21?,25+,26-;13?,14?,15?,16-,17?,20+,21-;;;/m11.../s1. The number of imidazole rings is 2. The maximum absolute atomic E-state index is 13.3. The Hall–Kier alpha value is -4.26. The Kier molecular flexibility index (Phi) is 15.6. The summed E-state index contributed by atoms with van der Waals surface area (Å²) in [5.41, 5.74) is 5.61. The van der Waals surface area contributed by atoms with E-state index in [0.29, 0.717) is 60.4 Å². The number of carbonyl (C=O) groups is 4. The molecule has 0 aromatic carbocycles. The van der Waals surface area contributed by atoms with Crippen LogP contribution in [0.15, 0.2) is 36.9 Å². The summed E-state index contributed by atoms with van der Waals surface area (Å²) in [7, 11) is 2.71. The van der Waals surface area contributed by atoms with Crippen LogP contribution in [0.1, 0.15) is 170 Å². The van der Waals surface area contributed by atoms with E-state index in [1.165, 1.54) is 46.3 Å². The lowest BCUT2D eigenvalue weighted by molar-refractivity contribution is -0.150. The predicted octanol–water partition coefficient (Wildman–Crippen LogP) is 9.94. The quantitative estimate of drug-likeness (QED) is 0.226. The summed E-state index contributed by atoms with van der Waals surface area (Å²) in [6, 6.07) is 0.0105. The van der Waals surface area contributed by atoms with Gasteiger partial charge in [-0.15, -0.1) is 0 Å². The van der Waals surface area contributed by atoms with Gasteiger partial charge in [0.05, 0.1) is 20.1 Å². The molecule has 6 aliphatic carbocycles. The summed E-state index contributed by atoms with van der Waals surface area (Å²) in [6.45, 7) is 13.3. The molecule has 4 heterocycles. The van der Waals surface area contributed by atoms with Crippen LogP contribution in [-0.4, -0.2) is 74.3 Å². The number of allylic oxidation sites excluding steroid dienone is 2. The number of rotatable bonds is 7. The maximum Gasteiger partial charge on any atom is 0.328 e. The van der Waals surface area contributed by atoms with E-state index in [1.807, 2.05) is 26.2 Å². The highest BCUT2D eigenvalue weighted by Gasteiger charge is 2.63. The minimum absolute atomic E-state index is 0. The Bertz CT molecular complexity index is 2160.